The smallest absolute Gasteiger partial charge is 0.322 e. The highest BCUT2D eigenvalue weighted by Gasteiger charge is 2.14. The lowest BCUT2D eigenvalue weighted by Crippen LogP contribution is -2.16. The normalized spacial score (nSPS) is 11.0. The number of rotatable bonds is 6. The number of aryl methyl sites for hydroxylation is 1. The van der Waals surface area contributed by atoms with Crippen LogP contribution in [0.2, 0.25) is 0 Å². The van der Waals surface area contributed by atoms with Crippen molar-refractivity contribution in [3.63, 3.8) is 0 Å². The molecular weight excluding hydrogens is 338 g/mol. The summed E-state index contributed by atoms with van der Waals surface area (Å²) in [6.45, 7) is 4.33. The second kappa shape index (κ2) is 7.52. The summed E-state index contributed by atoms with van der Waals surface area (Å²) in [7, 11) is 1.69. The molecule has 0 saturated carbocycles. The molecule has 7 nitrogen and oxygen atoms in total. The summed E-state index contributed by atoms with van der Waals surface area (Å²) in [4.78, 5) is 13.3. The zero-order valence-corrected chi connectivity index (χ0v) is 15.1. The molecule has 0 aliphatic carbocycles. The Labute approximate surface area is 149 Å². The molecule has 3 rings (SSSR count). The van der Waals surface area contributed by atoms with Gasteiger partial charge in [0.1, 0.15) is 5.69 Å². The molecular formula is C17H19N5O2S. The topological polar surface area (TPSA) is 85.8 Å². The van der Waals surface area contributed by atoms with Gasteiger partial charge in [0.25, 0.3) is 5.91 Å². The van der Waals surface area contributed by atoms with Gasteiger partial charge in [0, 0.05) is 23.4 Å². The maximum absolute atomic E-state index is 12.1. The first-order valence-electron chi connectivity index (χ1n) is 7.88. The van der Waals surface area contributed by atoms with E-state index < -0.39 is 0 Å². The average Bonchev–Trinajstić information content (AvgIpc) is 3.18. The molecule has 8 heteroatoms. The van der Waals surface area contributed by atoms with Gasteiger partial charge < -0.3 is 4.42 Å². The van der Waals surface area contributed by atoms with Crippen molar-refractivity contribution in [3.05, 3.63) is 53.7 Å². The standard InChI is InChI=1S/C17H19N5O2S/c1-11(2)25-13-6-4-12(5-7-13)10-15-20-21-17(24-15)19-16(23)14-8-9-18-22(14)3/h4-9,11H,10H2,1-3H3,(H,19,21,23). The fourth-order valence-electron chi connectivity index (χ4n) is 2.27. The summed E-state index contributed by atoms with van der Waals surface area (Å²) in [5.41, 5.74) is 1.49. The molecule has 1 aromatic carbocycles. The van der Waals surface area contributed by atoms with Gasteiger partial charge in [0.05, 0.1) is 6.42 Å². The Balaban J connectivity index is 1.62. The van der Waals surface area contributed by atoms with Crippen molar-refractivity contribution in [1.29, 1.82) is 0 Å². The minimum atomic E-state index is -0.342. The molecule has 0 atom stereocenters. The van der Waals surface area contributed by atoms with E-state index >= 15 is 0 Å². The van der Waals surface area contributed by atoms with Crippen molar-refractivity contribution in [2.75, 3.05) is 5.32 Å². The minimum absolute atomic E-state index is 0.0770. The molecule has 25 heavy (non-hydrogen) atoms. The first-order valence-corrected chi connectivity index (χ1v) is 8.76. The van der Waals surface area contributed by atoms with Crippen LogP contribution in [0.5, 0.6) is 0 Å². The first-order chi connectivity index (χ1) is 12.0. The average molecular weight is 357 g/mol. The largest absolute Gasteiger partial charge is 0.407 e. The van der Waals surface area contributed by atoms with E-state index in [1.165, 1.54) is 9.58 Å². The fourth-order valence-corrected chi connectivity index (χ4v) is 3.10. The Kier molecular flexibility index (Phi) is 5.18. The van der Waals surface area contributed by atoms with Crippen LogP contribution in [-0.4, -0.2) is 31.1 Å². The van der Waals surface area contributed by atoms with Gasteiger partial charge in [-0.15, -0.1) is 16.9 Å². The molecule has 0 fully saturated rings. The minimum Gasteiger partial charge on any atom is -0.407 e. The van der Waals surface area contributed by atoms with Crippen LogP contribution in [0, 0.1) is 0 Å². The van der Waals surface area contributed by atoms with Crippen LogP contribution in [0.15, 0.2) is 45.8 Å². The Hall–Kier alpha value is -2.61. The first kappa shape index (κ1) is 17.2. The van der Waals surface area contributed by atoms with Gasteiger partial charge in [-0.1, -0.05) is 31.1 Å². The summed E-state index contributed by atoms with van der Waals surface area (Å²) in [5, 5.41) is 14.9. The van der Waals surface area contributed by atoms with Gasteiger partial charge in [0.2, 0.25) is 5.89 Å². The molecule has 130 valence electrons. The molecule has 0 unspecified atom stereocenters. The van der Waals surface area contributed by atoms with Gasteiger partial charge >= 0.3 is 6.01 Å². The third kappa shape index (κ3) is 4.48. The van der Waals surface area contributed by atoms with Crippen LogP contribution in [0.1, 0.15) is 35.8 Å². The zero-order chi connectivity index (χ0) is 17.8. The highest BCUT2D eigenvalue weighted by atomic mass is 32.2. The Morgan fingerprint density at radius 1 is 1.24 bits per heavy atom. The van der Waals surface area contributed by atoms with E-state index in [4.69, 9.17) is 4.42 Å². The molecule has 0 aliphatic heterocycles. The highest BCUT2D eigenvalue weighted by Crippen LogP contribution is 2.23. The number of carbonyl (C=O) groups is 1. The monoisotopic (exact) mass is 357 g/mol. The van der Waals surface area contributed by atoms with E-state index in [0.29, 0.717) is 23.3 Å². The van der Waals surface area contributed by atoms with Crippen LogP contribution in [0.4, 0.5) is 6.01 Å². The summed E-state index contributed by atoms with van der Waals surface area (Å²) in [5.74, 6) is 0.106. The zero-order valence-electron chi connectivity index (χ0n) is 14.3. The number of nitrogens with zero attached hydrogens (tertiary/aromatic N) is 4. The van der Waals surface area contributed by atoms with Gasteiger partial charge in [-0.2, -0.15) is 5.10 Å². The van der Waals surface area contributed by atoms with E-state index in [-0.39, 0.29) is 11.9 Å². The number of aromatic nitrogens is 4. The molecule has 0 radical (unpaired) electrons. The second-order valence-corrected chi connectivity index (χ2v) is 7.43. The lowest BCUT2D eigenvalue weighted by molar-refractivity contribution is 0.101. The summed E-state index contributed by atoms with van der Waals surface area (Å²) in [6.07, 6.45) is 2.07. The predicted octanol–water partition coefficient (Wildman–Crippen LogP) is 3.15. The molecule has 3 aromatic rings. The lowest BCUT2D eigenvalue weighted by atomic mass is 10.1. The fraction of sp³-hybridized carbons (Fsp3) is 0.294. The maximum atomic E-state index is 12.1. The van der Waals surface area contributed by atoms with Crippen LogP contribution in [-0.2, 0) is 13.5 Å². The molecule has 0 aliphatic rings. The number of hydrogen-bond acceptors (Lipinski definition) is 6. The summed E-state index contributed by atoms with van der Waals surface area (Å²) >= 11 is 1.82. The Morgan fingerprint density at radius 3 is 2.64 bits per heavy atom. The molecule has 2 aromatic heterocycles. The SMILES string of the molecule is CC(C)Sc1ccc(Cc2nnc(NC(=O)c3ccnn3C)o2)cc1. The molecule has 0 spiro atoms. The van der Waals surface area contributed by atoms with Crippen LogP contribution in [0.25, 0.3) is 0 Å². The maximum Gasteiger partial charge on any atom is 0.322 e. The molecule has 1 amide bonds. The quantitative estimate of drug-likeness (QED) is 0.682. The molecule has 2 heterocycles. The lowest BCUT2D eigenvalue weighted by Gasteiger charge is -2.05. The van der Waals surface area contributed by atoms with Crippen molar-refractivity contribution in [2.45, 2.75) is 30.4 Å². The molecule has 0 saturated heterocycles. The number of nitrogens with one attached hydrogen (secondary N) is 1. The molecule has 1 N–H and O–H groups in total. The van der Waals surface area contributed by atoms with Crippen molar-refractivity contribution in [3.8, 4) is 0 Å². The number of carbonyl (C=O) groups excluding carboxylic acids is 1. The number of amides is 1. The second-order valence-electron chi connectivity index (χ2n) is 5.78. The van der Waals surface area contributed by atoms with Gasteiger partial charge in [-0.3, -0.25) is 14.8 Å². The van der Waals surface area contributed by atoms with E-state index in [1.54, 1.807) is 19.3 Å². The van der Waals surface area contributed by atoms with E-state index in [1.807, 2.05) is 23.9 Å². The number of hydrogen-bond donors (Lipinski definition) is 1. The van der Waals surface area contributed by atoms with Gasteiger partial charge in [0.15, 0.2) is 0 Å². The van der Waals surface area contributed by atoms with Crippen molar-refractivity contribution < 1.29 is 9.21 Å². The van der Waals surface area contributed by atoms with Crippen LogP contribution in [0.3, 0.4) is 0 Å². The predicted molar refractivity (Wildman–Crippen MR) is 95.7 cm³/mol. The van der Waals surface area contributed by atoms with E-state index in [0.717, 1.165) is 5.56 Å². The van der Waals surface area contributed by atoms with Crippen molar-refractivity contribution >= 4 is 23.7 Å². The van der Waals surface area contributed by atoms with Crippen LogP contribution >= 0.6 is 11.8 Å². The third-order valence-electron chi connectivity index (χ3n) is 3.39. The van der Waals surface area contributed by atoms with Crippen LogP contribution < -0.4 is 5.32 Å². The third-order valence-corrected chi connectivity index (χ3v) is 4.41. The van der Waals surface area contributed by atoms with E-state index in [9.17, 15) is 4.79 Å². The summed E-state index contributed by atoms with van der Waals surface area (Å²) < 4.78 is 6.98. The molecule has 0 bridgehead atoms. The van der Waals surface area contributed by atoms with Crippen molar-refractivity contribution in [1.82, 2.24) is 20.0 Å². The van der Waals surface area contributed by atoms with Gasteiger partial charge in [-0.25, -0.2) is 0 Å². The Bertz CT molecular complexity index is 854. The highest BCUT2D eigenvalue weighted by molar-refractivity contribution is 7.99. The number of thioether (sulfide) groups is 1. The number of benzene rings is 1. The van der Waals surface area contributed by atoms with Gasteiger partial charge in [-0.05, 0) is 23.8 Å². The van der Waals surface area contributed by atoms with Crippen molar-refractivity contribution in [2.24, 2.45) is 7.05 Å². The number of anilines is 1. The Morgan fingerprint density at radius 2 is 2.00 bits per heavy atom. The summed E-state index contributed by atoms with van der Waals surface area (Å²) in [6, 6.07) is 9.95. The van der Waals surface area contributed by atoms with E-state index in [2.05, 4.69) is 46.6 Å².